The fraction of sp³-hybridized carbons (Fsp3) is 0.846. The number of carbonyl (C=O) groups excluding carboxylic acids is 1. The average molecular weight is 256 g/mol. The van der Waals surface area contributed by atoms with Crippen LogP contribution in [0.2, 0.25) is 0 Å². The lowest BCUT2D eigenvalue weighted by Gasteiger charge is -2.32. The monoisotopic (exact) mass is 256 g/mol. The second kappa shape index (κ2) is 6.61. The normalized spacial score (nSPS) is 18.1. The average Bonchev–Trinajstić information content (AvgIpc) is 2.28. The number of piperidine rings is 1. The summed E-state index contributed by atoms with van der Waals surface area (Å²) in [6.45, 7) is 9.58. The summed E-state index contributed by atoms with van der Waals surface area (Å²) in [6, 6.07) is 0. The van der Waals surface area contributed by atoms with Crippen LogP contribution in [0.1, 0.15) is 40.5 Å². The van der Waals surface area contributed by atoms with Gasteiger partial charge in [0, 0.05) is 25.2 Å². The van der Waals surface area contributed by atoms with Gasteiger partial charge in [-0.25, -0.2) is 4.79 Å². The number of hydrogen-bond donors (Lipinski definition) is 0. The van der Waals surface area contributed by atoms with Crippen molar-refractivity contribution in [3.05, 3.63) is 0 Å². The van der Waals surface area contributed by atoms with E-state index < -0.39 is 5.60 Å². The zero-order valence-corrected chi connectivity index (χ0v) is 11.8. The van der Waals surface area contributed by atoms with Crippen molar-refractivity contribution in [3.63, 3.8) is 0 Å². The second-order valence-electron chi connectivity index (χ2n) is 5.48. The molecule has 1 amide bonds. The van der Waals surface area contributed by atoms with E-state index in [9.17, 15) is 4.79 Å². The summed E-state index contributed by atoms with van der Waals surface area (Å²) >= 11 is 0. The topological polar surface area (TPSA) is 51.1 Å². The maximum absolute atomic E-state index is 11.8. The van der Waals surface area contributed by atoms with Crippen LogP contribution in [0.15, 0.2) is 5.16 Å². The molecule has 0 aromatic rings. The molecule has 0 aromatic carbocycles. The van der Waals surface area contributed by atoms with Crippen molar-refractivity contribution in [2.75, 3.05) is 19.7 Å². The highest BCUT2D eigenvalue weighted by molar-refractivity contribution is 5.69. The van der Waals surface area contributed by atoms with Gasteiger partial charge in [-0.2, -0.15) is 0 Å². The Labute approximate surface area is 109 Å². The van der Waals surface area contributed by atoms with Gasteiger partial charge in [0.05, 0.1) is 0 Å². The molecule has 0 aromatic heterocycles. The predicted molar refractivity (Wildman–Crippen MR) is 70.6 cm³/mol. The van der Waals surface area contributed by atoms with Gasteiger partial charge < -0.3 is 14.5 Å². The van der Waals surface area contributed by atoms with E-state index in [1.165, 1.54) is 0 Å². The van der Waals surface area contributed by atoms with Crippen LogP contribution < -0.4 is 0 Å². The molecule has 1 rings (SSSR count). The molecule has 104 valence electrons. The van der Waals surface area contributed by atoms with Crippen LogP contribution >= 0.6 is 0 Å². The highest BCUT2D eigenvalue weighted by atomic mass is 16.6. The molecule has 5 heteroatoms. The van der Waals surface area contributed by atoms with Crippen LogP contribution in [0, 0.1) is 5.92 Å². The number of rotatable bonds is 3. The Balaban J connectivity index is 2.33. The summed E-state index contributed by atoms with van der Waals surface area (Å²) in [5.74, 6) is 0.398. The van der Waals surface area contributed by atoms with Crippen LogP contribution in [0.4, 0.5) is 4.79 Å². The lowest BCUT2D eigenvalue weighted by Crippen LogP contribution is -2.41. The SMILES string of the molecule is CCO/N=C\C1CCN(C(=O)OC(C)(C)C)CC1. The van der Waals surface area contributed by atoms with Gasteiger partial charge in [0.25, 0.3) is 0 Å². The molecular weight excluding hydrogens is 232 g/mol. The van der Waals surface area contributed by atoms with E-state index in [-0.39, 0.29) is 6.09 Å². The van der Waals surface area contributed by atoms with Gasteiger partial charge in [-0.15, -0.1) is 0 Å². The molecule has 1 heterocycles. The first kappa shape index (κ1) is 14.8. The van der Waals surface area contributed by atoms with Crippen LogP contribution in [-0.4, -0.2) is 42.5 Å². The smallest absolute Gasteiger partial charge is 0.410 e. The van der Waals surface area contributed by atoms with Crippen LogP contribution in [-0.2, 0) is 9.57 Å². The van der Waals surface area contributed by atoms with Crippen molar-refractivity contribution in [2.45, 2.75) is 46.1 Å². The Morgan fingerprint density at radius 2 is 2.00 bits per heavy atom. The van der Waals surface area contributed by atoms with Gasteiger partial charge in [0.1, 0.15) is 12.2 Å². The molecule has 0 spiro atoms. The maximum atomic E-state index is 11.8. The Bertz CT molecular complexity index is 289. The van der Waals surface area contributed by atoms with Crippen molar-refractivity contribution >= 4 is 12.3 Å². The third kappa shape index (κ3) is 5.38. The Kier molecular flexibility index (Phi) is 5.44. The highest BCUT2D eigenvalue weighted by Gasteiger charge is 2.26. The molecule has 1 aliphatic rings. The van der Waals surface area contributed by atoms with Crippen molar-refractivity contribution in [1.82, 2.24) is 4.90 Å². The first-order chi connectivity index (χ1) is 8.42. The summed E-state index contributed by atoms with van der Waals surface area (Å²) in [5.41, 5.74) is -0.426. The standard InChI is InChI=1S/C13H24N2O3/c1-5-17-14-10-11-6-8-15(9-7-11)12(16)18-13(2,3)4/h10-11H,5-9H2,1-4H3/b14-10-. The molecule has 0 aliphatic carbocycles. The van der Waals surface area contributed by atoms with Crippen LogP contribution in [0.3, 0.4) is 0 Å². The number of oxime groups is 1. The summed E-state index contributed by atoms with van der Waals surface area (Å²) in [6.07, 6.45) is 3.45. The quantitative estimate of drug-likeness (QED) is 0.576. The number of amides is 1. The first-order valence-electron chi connectivity index (χ1n) is 6.55. The van der Waals surface area contributed by atoms with E-state index in [1.54, 1.807) is 4.90 Å². The van der Waals surface area contributed by atoms with Gasteiger partial charge >= 0.3 is 6.09 Å². The molecular formula is C13H24N2O3. The molecule has 0 radical (unpaired) electrons. The predicted octanol–water partition coefficient (Wildman–Crippen LogP) is 2.66. The molecule has 0 saturated carbocycles. The Morgan fingerprint density at radius 1 is 1.39 bits per heavy atom. The molecule has 1 aliphatic heterocycles. The first-order valence-corrected chi connectivity index (χ1v) is 6.55. The third-order valence-electron chi connectivity index (χ3n) is 2.67. The van der Waals surface area contributed by atoms with E-state index in [2.05, 4.69) is 5.16 Å². The lowest BCUT2D eigenvalue weighted by atomic mass is 9.99. The van der Waals surface area contributed by atoms with Gasteiger partial charge in [-0.1, -0.05) is 5.16 Å². The number of carbonyl (C=O) groups is 1. The minimum atomic E-state index is -0.426. The molecule has 18 heavy (non-hydrogen) atoms. The second-order valence-corrected chi connectivity index (χ2v) is 5.48. The molecule has 0 N–H and O–H groups in total. The number of likely N-dealkylation sites (tertiary alicyclic amines) is 1. The minimum absolute atomic E-state index is 0.220. The Morgan fingerprint density at radius 3 is 2.50 bits per heavy atom. The fourth-order valence-electron chi connectivity index (χ4n) is 1.76. The number of nitrogens with zero attached hydrogens (tertiary/aromatic N) is 2. The Hall–Kier alpha value is -1.26. The van der Waals surface area contributed by atoms with E-state index in [4.69, 9.17) is 9.57 Å². The van der Waals surface area contributed by atoms with Crippen molar-refractivity contribution in [1.29, 1.82) is 0 Å². The van der Waals surface area contributed by atoms with E-state index >= 15 is 0 Å². The summed E-state index contributed by atoms with van der Waals surface area (Å²) < 4.78 is 5.34. The van der Waals surface area contributed by atoms with Gasteiger partial charge in [-0.3, -0.25) is 0 Å². The van der Waals surface area contributed by atoms with Crippen LogP contribution in [0.25, 0.3) is 0 Å². The van der Waals surface area contributed by atoms with Gasteiger partial charge in [0.15, 0.2) is 0 Å². The zero-order valence-electron chi connectivity index (χ0n) is 11.8. The fourth-order valence-corrected chi connectivity index (χ4v) is 1.76. The van der Waals surface area contributed by atoms with Crippen molar-refractivity contribution in [2.24, 2.45) is 11.1 Å². The summed E-state index contributed by atoms with van der Waals surface area (Å²) in [5, 5.41) is 3.88. The van der Waals surface area contributed by atoms with Crippen molar-refractivity contribution < 1.29 is 14.4 Å². The summed E-state index contributed by atoms with van der Waals surface area (Å²) in [4.78, 5) is 18.5. The third-order valence-corrected chi connectivity index (χ3v) is 2.67. The van der Waals surface area contributed by atoms with E-state index in [0.29, 0.717) is 12.5 Å². The van der Waals surface area contributed by atoms with E-state index in [1.807, 2.05) is 33.9 Å². The lowest BCUT2D eigenvalue weighted by molar-refractivity contribution is 0.0202. The van der Waals surface area contributed by atoms with Gasteiger partial charge in [0.2, 0.25) is 0 Å². The van der Waals surface area contributed by atoms with Crippen LogP contribution in [0.5, 0.6) is 0 Å². The summed E-state index contributed by atoms with van der Waals surface area (Å²) in [7, 11) is 0. The number of ether oxygens (including phenoxy) is 1. The van der Waals surface area contributed by atoms with Crippen molar-refractivity contribution in [3.8, 4) is 0 Å². The molecule has 1 saturated heterocycles. The molecule has 0 unspecified atom stereocenters. The number of hydrogen-bond acceptors (Lipinski definition) is 4. The largest absolute Gasteiger partial charge is 0.444 e. The maximum Gasteiger partial charge on any atom is 0.410 e. The molecule has 0 atom stereocenters. The van der Waals surface area contributed by atoms with Gasteiger partial charge in [-0.05, 0) is 40.5 Å². The minimum Gasteiger partial charge on any atom is -0.444 e. The molecule has 0 bridgehead atoms. The van der Waals surface area contributed by atoms with E-state index in [0.717, 1.165) is 25.9 Å². The molecule has 5 nitrogen and oxygen atoms in total. The molecule has 1 fully saturated rings. The highest BCUT2D eigenvalue weighted by Crippen LogP contribution is 2.18. The zero-order chi connectivity index (χ0) is 13.6.